The lowest BCUT2D eigenvalue weighted by Gasteiger charge is -2.33. The first kappa shape index (κ1) is 16.8. The summed E-state index contributed by atoms with van der Waals surface area (Å²) in [5.74, 6) is -3.44. The third-order valence-electron chi connectivity index (χ3n) is 3.58. The molecular formula is C13H20F3NO3. The molecule has 1 amide bonds. The van der Waals surface area contributed by atoms with Crippen LogP contribution in [0.2, 0.25) is 0 Å². The van der Waals surface area contributed by atoms with E-state index in [1.165, 1.54) is 0 Å². The van der Waals surface area contributed by atoms with Crippen molar-refractivity contribution >= 4 is 11.9 Å². The number of hydrogen-bond donors (Lipinski definition) is 1. The minimum Gasteiger partial charge on any atom is -0.481 e. The number of rotatable bonds is 5. The van der Waals surface area contributed by atoms with Gasteiger partial charge in [0, 0.05) is 6.54 Å². The maximum Gasteiger partial charge on any atom is 0.406 e. The van der Waals surface area contributed by atoms with Crippen molar-refractivity contribution in [1.82, 2.24) is 4.90 Å². The van der Waals surface area contributed by atoms with Crippen LogP contribution in [0.15, 0.2) is 0 Å². The minimum absolute atomic E-state index is 0.00117. The van der Waals surface area contributed by atoms with Gasteiger partial charge < -0.3 is 10.0 Å². The van der Waals surface area contributed by atoms with E-state index in [1.807, 2.05) is 0 Å². The lowest BCUT2D eigenvalue weighted by atomic mass is 9.78. The second kappa shape index (κ2) is 6.95. The van der Waals surface area contributed by atoms with E-state index in [0.29, 0.717) is 32.1 Å². The molecule has 0 aliphatic heterocycles. The largest absolute Gasteiger partial charge is 0.481 e. The fourth-order valence-corrected chi connectivity index (χ4v) is 2.71. The topological polar surface area (TPSA) is 57.6 Å². The van der Waals surface area contributed by atoms with Crippen LogP contribution in [0, 0.1) is 11.8 Å². The molecule has 2 atom stereocenters. The summed E-state index contributed by atoms with van der Waals surface area (Å²) in [6, 6.07) is 0. The van der Waals surface area contributed by atoms with Crippen molar-refractivity contribution < 1.29 is 27.9 Å². The summed E-state index contributed by atoms with van der Waals surface area (Å²) in [7, 11) is 0. The van der Waals surface area contributed by atoms with Gasteiger partial charge >= 0.3 is 12.1 Å². The molecule has 1 N–H and O–H groups in total. The fourth-order valence-electron chi connectivity index (χ4n) is 2.71. The molecule has 0 aromatic carbocycles. The molecule has 0 spiro atoms. The Morgan fingerprint density at radius 3 is 2.20 bits per heavy atom. The van der Waals surface area contributed by atoms with Crippen LogP contribution in [0.25, 0.3) is 0 Å². The van der Waals surface area contributed by atoms with Crippen LogP contribution in [0.3, 0.4) is 0 Å². The summed E-state index contributed by atoms with van der Waals surface area (Å²) in [5.41, 5.74) is 0. The van der Waals surface area contributed by atoms with Crippen molar-refractivity contribution in [3.63, 3.8) is 0 Å². The Morgan fingerprint density at radius 1 is 1.20 bits per heavy atom. The number of amides is 1. The summed E-state index contributed by atoms with van der Waals surface area (Å²) in [4.78, 5) is 24.1. The van der Waals surface area contributed by atoms with Crippen LogP contribution in [0.4, 0.5) is 13.2 Å². The SMILES string of the molecule is CCCN(CC(F)(F)F)C(=O)C1CCCCC1C(=O)O. The number of carboxylic acids is 1. The van der Waals surface area contributed by atoms with E-state index in [0.717, 1.165) is 4.90 Å². The number of carbonyl (C=O) groups is 2. The third kappa shape index (κ3) is 4.68. The zero-order valence-corrected chi connectivity index (χ0v) is 11.4. The maximum atomic E-state index is 12.5. The molecule has 0 saturated heterocycles. The first-order valence-electron chi connectivity index (χ1n) is 6.84. The van der Waals surface area contributed by atoms with Gasteiger partial charge in [0.1, 0.15) is 6.54 Å². The number of nitrogens with zero attached hydrogens (tertiary/aromatic N) is 1. The fraction of sp³-hybridized carbons (Fsp3) is 0.846. The molecular weight excluding hydrogens is 275 g/mol. The molecule has 4 nitrogen and oxygen atoms in total. The quantitative estimate of drug-likeness (QED) is 0.848. The molecule has 0 radical (unpaired) electrons. The Morgan fingerprint density at radius 2 is 1.75 bits per heavy atom. The molecule has 0 bridgehead atoms. The second-order valence-corrected chi connectivity index (χ2v) is 5.21. The van der Waals surface area contributed by atoms with Crippen molar-refractivity contribution in [2.75, 3.05) is 13.1 Å². The molecule has 2 unspecified atom stereocenters. The molecule has 0 aromatic rings. The normalized spacial score (nSPS) is 23.4. The highest BCUT2D eigenvalue weighted by Gasteiger charge is 2.40. The molecule has 1 saturated carbocycles. The van der Waals surface area contributed by atoms with Gasteiger partial charge in [-0.3, -0.25) is 9.59 Å². The zero-order chi connectivity index (χ0) is 15.3. The van der Waals surface area contributed by atoms with Crippen molar-refractivity contribution in [3.8, 4) is 0 Å². The van der Waals surface area contributed by atoms with Gasteiger partial charge in [-0.2, -0.15) is 13.2 Å². The molecule has 20 heavy (non-hydrogen) atoms. The first-order chi connectivity index (χ1) is 9.26. The highest BCUT2D eigenvalue weighted by atomic mass is 19.4. The minimum atomic E-state index is -4.46. The van der Waals surface area contributed by atoms with Gasteiger partial charge in [0.15, 0.2) is 0 Å². The van der Waals surface area contributed by atoms with Crippen LogP contribution in [-0.2, 0) is 9.59 Å². The molecule has 7 heteroatoms. The van der Waals surface area contributed by atoms with Crippen molar-refractivity contribution in [2.45, 2.75) is 45.2 Å². The van der Waals surface area contributed by atoms with Crippen LogP contribution in [0.1, 0.15) is 39.0 Å². The Labute approximate surface area is 115 Å². The summed E-state index contributed by atoms with van der Waals surface area (Å²) in [5, 5.41) is 9.11. The van der Waals surface area contributed by atoms with Gasteiger partial charge in [0.2, 0.25) is 5.91 Å². The van der Waals surface area contributed by atoms with Crippen molar-refractivity contribution in [1.29, 1.82) is 0 Å². The van der Waals surface area contributed by atoms with Crippen molar-refractivity contribution in [3.05, 3.63) is 0 Å². The molecule has 0 aromatic heterocycles. The summed E-state index contributed by atoms with van der Waals surface area (Å²) < 4.78 is 37.5. The van der Waals surface area contributed by atoms with Crippen LogP contribution in [0.5, 0.6) is 0 Å². The summed E-state index contributed by atoms with van der Waals surface area (Å²) >= 11 is 0. The Balaban J connectivity index is 2.83. The molecule has 116 valence electrons. The Bertz CT molecular complexity index is 357. The average molecular weight is 295 g/mol. The highest BCUT2D eigenvalue weighted by Crippen LogP contribution is 2.32. The third-order valence-corrected chi connectivity index (χ3v) is 3.58. The van der Waals surface area contributed by atoms with Crippen LogP contribution in [-0.4, -0.2) is 41.1 Å². The molecule has 1 fully saturated rings. The second-order valence-electron chi connectivity index (χ2n) is 5.21. The van der Waals surface area contributed by atoms with E-state index in [4.69, 9.17) is 5.11 Å². The van der Waals surface area contributed by atoms with Gasteiger partial charge in [-0.15, -0.1) is 0 Å². The maximum absolute atomic E-state index is 12.5. The average Bonchev–Trinajstić information content (AvgIpc) is 2.36. The van der Waals surface area contributed by atoms with Gasteiger partial charge in [-0.1, -0.05) is 19.8 Å². The monoisotopic (exact) mass is 295 g/mol. The zero-order valence-electron chi connectivity index (χ0n) is 11.4. The van der Waals surface area contributed by atoms with E-state index in [2.05, 4.69) is 0 Å². The number of aliphatic carboxylic acids is 1. The van der Waals surface area contributed by atoms with E-state index in [9.17, 15) is 22.8 Å². The Hall–Kier alpha value is -1.27. The van der Waals surface area contributed by atoms with Gasteiger partial charge in [-0.25, -0.2) is 0 Å². The predicted molar refractivity (Wildman–Crippen MR) is 66.0 cm³/mol. The summed E-state index contributed by atoms with van der Waals surface area (Å²) in [6.45, 7) is 0.385. The number of halogens is 3. The molecule has 1 rings (SSSR count). The predicted octanol–water partition coefficient (Wildman–Crippen LogP) is 2.68. The Kier molecular flexibility index (Phi) is 5.83. The smallest absolute Gasteiger partial charge is 0.406 e. The lowest BCUT2D eigenvalue weighted by Crippen LogP contribution is -2.46. The number of carboxylic acid groups (broad SMARTS) is 1. The highest BCUT2D eigenvalue weighted by molar-refractivity contribution is 5.85. The number of hydrogen-bond acceptors (Lipinski definition) is 2. The van der Waals surface area contributed by atoms with E-state index in [-0.39, 0.29) is 6.54 Å². The molecule has 1 aliphatic carbocycles. The van der Waals surface area contributed by atoms with E-state index < -0.39 is 36.4 Å². The van der Waals surface area contributed by atoms with Gasteiger partial charge in [-0.05, 0) is 19.3 Å². The standard InChI is InChI=1S/C13H20F3NO3/c1-2-7-17(8-13(14,15)16)11(18)9-5-3-4-6-10(9)12(19)20/h9-10H,2-8H2,1H3,(H,19,20). The van der Waals surface area contributed by atoms with Gasteiger partial charge in [0.25, 0.3) is 0 Å². The summed E-state index contributed by atoms with van der Waals surface area (Å²) in [6.07, 6.45) is -1.95. The van der Waals surface area contributed by atoms with E-state index in [1.54, 1.807) is 6.92 Å². The van der Waals surface area contributed by atoms with Crippen molar-refractivity contribution in [2.24, 2.45) is 11.8 Å². The number of alkyl halides is 3. The van der Waals surface area contributed by atoms with Crippen LogP contribution < -0.4 is 0 Å². The van der Waals surface area contributed by atoms with Crippen LogP contribution >= 0.6 is 0 Å². The molecule has 0 heterocycles. The first-order valence-corrected chi connectivity index (χ1v) is 6.84. The lowest BCUT2D eigenvalue weighted by molar-refractivity contribution is -0.167. The number of carbonyl (C=O) groups excluding carboxylic acids is 1. The van der Waals surface area contributed by atoms with Gasteiger partial charge in [0.05, 0.1) is 11.8 Å². The van der Waals surface area contributed by atoms with E-state index >= 15 is 0 Å². The molecule has 1 aliphatic rings.